The van der Waals surface area contributed by atoms with Crippen molar-refractivity contribution >= 4 is 19.7 Å². The Kier molecular flexibility index (Phi) is 4.26. The zero-order valence-electron chi connectivity index (χ0n) is 9.26. The Morgan fingerprint density at radius 3 is 2.29 bits per heavy atom. The van der Waals surface area contributed by atoms with Crippen LogP contribution in [0.3, 0.4) is 0 Å². The van der Waals surface area contributed by atoms with Crippen molar-refractivity contribution in [2.45, 2.75) is 11.3 Å². The van der Waals surface area contributed by atoms with E-state index in [1.165, 1.54) is 12.1 Å². The third kappa shape index (κ3) is 4.82. The summed E-state index contributed by atoms with van der Waals surface area (Å²) in [5.74, 6) is -1.13. The molecule has 17 heavy (non-hydrogen) atoms. The Balaban J connectivity index is 2.77. The standard InChI is InChI=1S/C10H13FO4S2/c1-16(12,13)6-3-7-17(14,15)10-5-2-4-9(11)8-10/h2,4-5,8H,3,6-7H2,1H3. The fraction of sp³-hybridized carbons (Fsp3) is 0.400. The average molecular weight is 280 g/mol. The van der Waals surface area contributed by atoms with Gasteiger partial charge < -0.3 is 0 Å². The van der Waals surface area contributed by atoms with Crippen molar-refractivity contribution in [3.8, 4) is 0 Å². The molecule has 0 aromatic heterocycles. The molecule has 0 aliphatic rings. The predicted octanol–water partition coefficient (Wildman–Crippen LogP) is 1.03. The molecule has 1 aromatic carbocycles. The van der Waals surface area contributed by atoms with Crippen molar-refractivity contribution in [3.63, 3.8) is 0 Å². The van der Waals surface area contributed by atoms with Crippen molar-refractivity contribution in [2.24, 2.45) is 0 Å². The molecule has 0 spiro atoms. The molecule has 1 aromatic rings. The molecule has 0 unspecified atom stereocenters. The second kappa shape index (κ2) is 5.14. The van der Waals surface area contributed by atoms with Crippen molar-refractivity contribution < 1.29 is 21.2 Å². The molecule has 1 rings (SSSR count). The van der Waals surface area contributed by atoms with Crippen LogP contribution < -0.4 is 0 Å². The van der Waals surface area contributed by atoms with Crippen molar-refractivity contribution in [1.29, 1.82) is 0 Å². The van der Waals surface area contributed by atoms with Crippen LogP contribution in [0.15, 0.2) is 29.2 Å². The largest absolute Gasteiger partial charge is 0.229 e. The van der Waals surface area contributed by atoms with Crippen LogP contribution in [0.2, 0.25) is 0 Å². The molecule has 0 aliphatic carbocycles. The first kappa shape index (κ1) is 14.1. The van der Waals surface area contributed by atoms with E-state index >= 15 is 0 Å². The summed E-state index contributed by atoms with van der Waals surface area (Å²) in [5.41, 5.74) is 0. The lowest BCUT2D eigenvalue weighted by Crippen LogP contribution is -2.12. The Morgan fingerprint density at radius 2 is 1.76 bits per heavy atom. The van der Waals surface area contributed by atoms with E-state index in [0.717, 1.165) is 18.4 Å². The van der Waals surface area contributed by atoms with Gasteiger partial charge in [-0.1, -0.05) is 6.07 Å². The molecule has 0 saturated heterocycles. The van der Waals surface area contributed by atoms with E-state index in [2.05, 4.69) is 0 Å². The van der Waals surface area contributed by atoms with E-state index in [1.54, 1.807) is 0 Å². The van der Waals surface area contributed by atoms with E-state index in [-0.39, 0.29) is 22.8 Å². The lowest BCUT2D eigenvalue weighted by atomic mass is 10.4. The van der Waals surface area contributed by atoms with Gasteiger partial charge >= 0.3 is 0 Å². The van der Waals surface area contributed by atoms with Gasteiger partial charge in [0.15, 0.2) is 9.84 Å². The van der Waals surface area contributed by atoms with Crippen molar-refractivity contribution in [3.05, 3.63) is 30.1 Å². The quantitative estimate of drug-likeness (QED) is 0.808. The molecule has 96 valence electrons. The second-order valence-electron chi connectivity index (χ2n) is 3.76. The van der Waals surface area contributed by atoms with Crippen LogP contribution in [0.25, 0.3) is 0 Å². The Bertz CT molecular complexity index is 590. The molecule has 0 aliphatic heterocycles. The molecule has 0 amide bonds. The summed E-state index contributed by atoms with van der Waals surface area (Å²) in [6, 6.07) is 4.67. The molecular formula is C10H13FO4S2. The Labute approximate surface area is 100 Å². The average Bonchev–Trinajstić information content (AvgIpc) is 2.15. The minimum atomic E-state index is -3.61. The summed E-state index contributed by atoms with van der Waals surface area (Å²) < 4.78 is 58.0. The molecule has 7 heteroatoms. The number of halogens is 1. The van der Waals surface area contributed by atoms with Crippen LogP contribution in [0.4, 0.5) is 4.39 Å². The van der Waals surface area contributed by atoms with E-state index in [4.69, 9.17) is 0 Å². The molecule has 0 fully saturated rings. The first-order valence-corrected chi connectivity index (χ1v) is 8.58. The minimum Gasteiger partial charge on any atom is -0.229 e. The Morgan fingerprint density at radius 1 is 1.12 bits per heavy atom. The number of benzene rings is 1. The van der Waals surface area contributed by atoms with Crippen LogP contribution in [-0.2, 0) is 19.7 Å². The summed E-state index contributed by atoms with van der Waals surface area (Å²) in [4.78, 5) is -0.119. The normalized spacial score (nSPS) is 12.6. The number of hydrogen-bond acceptors (Lipinski definition) is 4. The first-order chi connectivity index (χ1) is 7.71. The first-order valence-electron chi connectivity index (χ1n) is 4.87. The third-order valence-corrected chi connectivity index (χ3v) is 4.91. The van der Waals surface area contributed by atoms with Gasteiger partial charge in [-0.2, -0.15) is 0 Å². The summed E-state index contributed by atoms with van der Waals surface area (Å²) >= 11 is 0. The number of rotatable bonds is 5. The lowest BCUT2D eigenvalue weighted by molar-refractivity contribution is 0.588. The predicted molar refractivity (Wildman–Crippen MR) is 62.8 cm³/mol. The van der Waals surface area contributed by atoms with Crippen LogP contribution in [0, 0.1) is 5.82 Å². The van der Waals surface area contributed by atoms with Gasteiger partial charge in [0, 0.05) is 6.26 Å². The maximum absolute atomic E-state index is 12.8. The van der Waals surface area contributed by atoms with E-state index in [9.17, 15) is 21.2 Å². The molecule has 0 radical (unpaired) electrons. The molecule has 0 heterocycles. The SMILES string of the molecule is CS(=O)(=O)CCCS(=O)(=O)c1cccc(F)c1. The number of sulfone groups is 2. The smallest absolute Gasteiger partial charge is 0.178 e. The molecule has 0 bridgehead atoms. The van der Waals surface area contributed by atoms with Gasteiger partial charge in [-0.05, 0) is 24.6 Å². The monoisotopic (exact) mass is 280 g/mol. The summed E-state index contributed by atoms with van der Waals surface area (Å²) in [5, 5.41) is 0. The van der Waals surface area contributed by atoms with Gasteiger partial charge in [0.1, 0.15) is 15.7 Å². The summed E-state index contributed by atoms with van der Waals surface area (Å²) in [7, 11) is -6.79. The zero-order chi connectivity index (χ0) is 13.1. The summed E-state index contributed by atoms with van der Waals surface area (Å²) in [6.07, 6.45) is 1.06. The lowest BCUT2D eigenvalue weighted by Gasteiger charge is -2.03. The zero-order valence-corrected chi connectivity index (χ0v) is 10.9. The third-order valence-electron chi connectivity index (χ3n) is 2.08. The molecule has 0 saturated carbocycles. The van der Waals surface area contributed by atoms with Gasteiger partial charge in [0.25, 0.3) is 0 Å². The minimum absolute atomic E-state index is 0.0116. The van der Waals surface area contributed by atoms with E-state index in [0.29, 0.717) is 0 Å². The van der Waals surface area contributed by atoms with Gasteiger partial charge in [-0.25, -0.2) is 21.2 Å². The van der Waals surface area contributed by atoms with Gasteiger partial charge in [0.05, 0.1) is 16.4 Å². The highest BCUT2D eigenvalue weighted by molar-refractivity contribution is 7.92. The highest BCUT2D eigenvalue weighted by Crippen LogP contribution is 2.13. The van der Waals surface area contributed by atoms with Crippen molar-refractivity contribution in [1.82, 2.24) is 0 Å². The van der Waals surface area contributed by atoms with E-state index < -0.39 is 25.5 Å². The highest BCUT2D eigenvalue weighted by atomic mass is 32.2. The Hall–Kier alpha value is -0.950. The molecular weight excluding hydrogens is 267 g/mol. The molecule has 4 nitrogen and oxygen atoms in total. The molecule has 0 atom stereocenters. The van der Waals surface area contributed by atoms with Gasteiger partial charge in [0.2, 0.25) is 0 Å². The van der Waals surface area contributed by atoms with Crippen LogP contribution in [0.5, 0.6) is 0 Å². The van der Waals surface area contributed by atoms with Crippen molar-refractivity contribution in [2.75, 3.05) is 17.8 Å². The fourth-order valence-corrected chi connectivity index (χ4v) is 3.48. The highest BCUT2D eigenvalue weighted by Gasteiger charge is 2.15. The van der Waals surface area contributed by atoms with Crippen LogP contribution >= 0.6 is 0 Å². The maximum atomic E-state index is 12.8. The summed E-state index contributed by atoms with van der Waals surface area (Å²) in [6.45, 7) is 0. The van der Waals surface area contributed by atoms with Gasteiger partial charge in [-0.15, -0.1) is 0 Å². The molecule has 0 N–H and O–H groups in total. The van der Waals surface area contributed by atoms with Crippen LogP contribution in [0.1, 0.15) is 6.42 Å². The van der Waals surface area contributed by atoms with Crippen LogP contribution in [-0.4, -0.2) is 34.6 Å². The fourth-order valence-electron chi connectivity index (χ4n) is 1.29. The van der Waals surface area contributed by atoms with E-state index in [1.807, 2.05) is 0 Å². The maximum Gasteiger partial charge on any atom is 0.178 e. The van der Waals surface area contributed by atoms with Gasteiger partial charge in [-0.3, -0.25) is 0 Å². The number of hydrogen-bond donors (Lipinski definition) is 0. The topological polar surface area (TPSA) is 68.3 Å². The second-order valence-corrected chi connectivity index (χ2v) is 8.13.